The van der Waals surface area contributed by atoms with Gasteiger partial charge in [-0.3, -0.25) is 0 Å². The fraction of sp³-hybridized carbons (Fsp3) is 0.600. The van der Waals surface area contributed by atoms with Gasteiger partial charge in [-0.1, -0.05) is 44.2 Å². The normalized spacial score (nSPS) is 14.5. The second-order valence-electron chi connectivity index (χ2n) is 4.87. The predicted octanol–water partition coefficient (Wildman–Crippen LogP) is 3.05. The highest BCUT2D eigenvalue weighted by Gasteiger charge is 2.05. The lowest BCUT2D eigenvalue weighted by Crippen LogP contribution is -2.25. The summed E-state index contributed by atoms with van der Waals surface area (Å²) >= 11 is 0. The minimum atomic E-state index is 0.590. The zero-order valence-electron chi connectivity index (χ0n) is 11.3. The quantitative estimate of drug-likeness (QED) is 0.699. The van der Waals surface area contributed by atoms with Crippen molar-refractivity contribution < 1.29 is 4.74 Å². The molecule has 2 atom stereocenters. The zero-order chi connectivity index (χ0) is 12.5. The van der Waals surface area contributed by atoms with Crippen LogP contribution in [-0.2, 0) is 4.74 Å². The van der Waals surface area contributed by atoms with Crippen LogP contribution in [0.15, 0.2) is 30.3 Å². The molecule has 0 aliphatic rings. The molecule has 1 aromatic rings. The molecule has 0 amide bonds. The Balaban J connectivity index is 2.14. The van der Waals surface area contributed by atoms with Crippen molar-refractivity contribution in [2.45, 2.75) is 26.2 Å². The fourth-order valence-corrected chi connectivity index (χ4v) is 1.96. The van der Waals surface area contributed by atoms with Gasteiger partial charge in [0, 0.05) is 13.7 Å². The highest BCUT2D eigenvalue weighted by atomic mass is 16.5. The van der Waals surface area contributed by atoms with Gasteiger partial charge < -0.3 is 10.1 Å². The van der Waals surface area contributed by atoms with Crippen LogP contribution in [0.5, 0.6) is 0 Å². The van der Waals surface area contributed by atoms with Gasteiger partial charge in [0.1, 0.15) is 0 Å². The molecule has 0 spiro atoms. The van der Waals surface area contributed by atoms with Crippen LogP contribution in [0.2, 0.25) is 0 Å². The van der Waals surface area contributed by atoms with E-state index in [1.807, 2.05) is 0 Å². The molecular weight excluding hydrogens is 210 g/mol. The van der Waals surface area contributed by atoms with Crippen LogP contribution in [0.4, 0.5) is 0 Å². The fourth-order valence-electron chi connectivity index (χ4n) is 1.96. The Morgan fingerprint density at radius 2 is 1.88 bits per heavy atom. The first-order valence-corrected chi connectivity index (χ1v) is 6.48. The van der Waals surface area contributed by atoms with Gasteiger partial charge in [0.25, 0.3) is 0 Å². The van der Waals surface area contributed by atoms with Gasteiger partial charge in [0.2, 0.25) is 0 Å². The third kappa shape index (κ3) is 5.85. The molecule has 0 fully saturated rings. The molecule has 1 N–H and O–H groups in total. The van der Waals surface area contributed by atoms with Gasteiger partial charge in [-0.2, -0.15) is 0 Å². The molecule has 2 heteroatoms. The van der Waals surface area contributed by atoms with Crippen LogP contribution in [0.1, 0.15) is 31.7 Å². The molecule has 0 saturated heterocycles. The van der Waals surface area contributed by atoms with Crippen molar-refractivity contribution in [3.05, 3.63) is 35.9 Å². The van der Waals surface area contributed by atoms with Crippen LogP contribution in [0.3, 0.4) is 0 Å². The molecule has 0 heterocycles. The molecule has 0 bridgehead atoms. The number of benzene rings is 1. The number of hydrogen-bond acceptors (Lipinski definition) is 2. The summed E-state index contributed by atoms with van der Waals surface area (Å²) in [5.74, 6) is 1.22. The Bertz CT molecular complexity index is 286. The minimum absolute atomic E-state index is 0.590. The molecule has 0 aromatic heterocycles. The lowest BCUT2D eigenvalue weighted by Gasteiger charge is -2.14. The van der Waals surface area contributed by atoms with Gasteiger partial charge in [0.05, 0.1) is 0 Å². The summed E-state index contributed by atoms with van der Waals surface area (Å²) in [6, 6.07) is 10.7. The molecule has 17 heavy (non-hydrogen) atoms. The summed E-state index contributed by atoms with van der Waals surface area (Å²) in [5, 5.41) is 3.49. The van der Waals surface area contributed by atoms with E-state index in [1.165, 1.54) is 12.0 Å². The smallest absolute Gasteiger partial charge is 0.0499 e. The average Bonchev–Trinajstić information content (AvgIpc) is 2.36. The number of rotatable bonds is 8. The molecular formula is C15H25NO. The van der Waals surface area contributed by atoms with Crippen molar-refractivity contribution in [2.75, 3.05) is 26.8 Å². The first-order valence-electron chi connectivity index (χ1n) is 6.48. The van der Waals surface area contributed by atoms with Gasteiger partial charge in [0.15, 0.2) is 0 Å². The van der Waals surface area contributed by atoms with Crippen molar-refractivity contribution in [3.63, 3.8) is 0 Å². The van der Waals surface area contributed by atoms with E-state index in [9.17, 15) is 0 Å². The van der Waals surface area contributed by atoms with E-state index in [4.69, 9.17) is 4.74 Å². The average molecular weight is 235 g/mol. The van der Waals surface area contributed by atoms with Crippen molar-refractivity contribution >= 4 is 0 Å². The minimum Gasteiger partial charge on any atom is -0.384 e. The molecule has 0 radical (unpaired) electrons. The maximum Gasteiger partial charge on any atom is 0.0499 e. The molecule has 1 aromatic carbocycles. The predicted molar refractivity (Wildman–Crippen MR) is 73.4 cm³/mol. The van der Waals surface area contributed by atoms with E-state index >= 15 is 0 Å². The van der Waals surface area contributed by atoms with Crippen molar-refractivity contribution in [2.24, 2.45) is 5.92 Å². The highest BCUT2D eigenvalue weighted by molar-refractivity contribution is 5.18. The summed E-state index contributed by atoms with van der Waals surface area (Å²) < 4.78 is 5.11. The first-order chi connectivity index (χ1) is 8.24. The maximum atomic E-state index is 5.11. The molecule has 2 unspecified atom stereocenters. The molecule has 0 saturated carbocycles. The van der Waals surface area contributed by atoms with E-state index in [0.29, 0.717) is 11.8 Å². The Hall–Kier alpha value is -0.860. The topological polar surface area (TPSA) is 21.3 Å². The lowest BCUT2D eigenvalue weighted by atomic mass is 9.98. The second-order valence-corrected chi connectivity index (χ2v) is 4.87. The van der Waals surface area contributed by atoms with Gasteiger partial charge in [-0.25, -0.2) is 0 Å². The summed E-state index contributed by atoms with van der Waals surface area (Å²) in [7, 11) is 1.76. The molecule has 96 valence electrons. The van der Waals surface area contributed by atoms with Crippen LogP contribution in [0, 0.1) is 5.92 Å². The van der Waals surface area contributed by atoms with E-state index < -0.39 is 0 Å². The lowest BCUT2D eigenvalue weighted by molar-refractivity contribution is 0.158. The summed E-state index contributed by atoms with van der Waals surface area (Å²) in [5.41, 5.74) is 1.43. The Morgan fingerprint density at radius 1 is 1.18 bits per heavy atom. The Kier molecular flexibility index (Phi) is 6.90. The monoisotopic (exact) mass is 235 g/mol. The molecule has 2 nitrogen and oxygen atoms in total. The third-order valence-corrected chi connectivity index (χ3v) is 3.07. The highest BCUT2D eigenvalue weighted by Crippen LogP contribution is 2.17. The Morgan fingerprint density at radius 3 is 2.53 bits per heavy atom. The largest absolute Gasteiger partial charge is 0.384 e. The van der Waals surface area contributed by atoms with E-state index in [1.54, 1.807) is 7.11 Å². The van der Waals surface area contributed by atoms with E-state index in [0.717, 1.165) is 19.7 Å². The number of hydrogen-bond donors (Lipinski definition) is 1. The summed E-state index contributed by atoms with van der Waals surface area (Å²) in [6.07, 6.45) is 1.18. The van der Waals surface area contributed by atoms with Crippen LogP contribution in [-0.4, -0.2) is 26.8 Å². The van der Waals surface area contributed by atoms with Crippen LogP contribution in [0.25, 0.3) is 0 Å². The van der Waals surface area contributed by atoms with Crippen molar-refractivity contribution in [3.8, 4) is 0 Å². The SMILES string of the molecule is COCC(C)CNCCC(C)c1ccccc1. The Labute approximate surface area is 105 Å². The van der Waals surface area contributed by atoms with Crippen molar-refractivity contribution in [1.29, 1.82) is 0 Å². The second kappa shape index (κ2) is 8.26. The third-order valence-electron chi connectivity index (χ3n) is 3.07. The zero-order valence-corrected chi connectivity index (χ0v) is 11.3. The molecule has 0 aliphatic carbocycles. The maximum absolute atomic E-state index is 5.11. The first kappa shape index (κ1) is 14.2. The summed E-state index contributed by atoms with van der Waals surface area (Å²) in [6.45, 7) is 7.44. The van der Waals surface area contributed by atoms with E-state index in [-0.39, 0.29) is 0 Å². The van der Waals surface area contributed by atoms with E-state index in [2.05, 4.69) is 49.5 Å². The standard InChI is InChI=1S/C15H25NO/c1-13(12-17-3)11-16-10-9-14(2)15-7-5-4-6-8-15/h4-8,13-14,16H,9-12H2,1-3H3. The molecule has 1 rings (SSSR count). The van der Waals surface area contributed by atoms with Crippen molar-refractivity contribution in [1.82, 2.24) is 5.32 Å². The van der Waals surface area contributed by atoms with Crippen LogP contribution >= 0.6 is 0 Å². The van der Waals surface area contributed by atoms with Gasteiger partial charge in [-0.05, 0) is 36.9 Å². The summed E-state index contributed by atoms with van der Waals surface area (Å²) in [4.78, 5) is 0. The number of ether oxygens (including phenoxy) is 1. The van der Waals surface area contributed by atoms with Gasteiger partial charge in [-0.15, -0.1) is 0 Å². The number of methoxy groups -OCH3 is 1. The van der Waals surface area contributed by atoms with Gasteiger partial charge >= 0.3 is 0 Å². The van der Waals surface area contributed by atoms with Crippen LogP contribution < -0.4 is 5.32 Å². The number of nitrogens with one attached hydrogen (secondary N) is 1. The molecule has 0 aliphatic heterocycles.